The molecule has 0 saturated heterocycles. The number of aryl methyl sites for hydroxylation is 1. The predicted octanol–water partition coefficient (Wildman–Crippen LogP) is 1.94. The van der Waals surface area contributed by atoms with E-state index in [-0.39, 0.29) is 0 Å². The van der Waals surface area contributed by atoms with Crippen molar-refractivity contribution in [3.05, 3.63) is 24.0 Å². The van der Waals surface area contributed by atoms with Crippen molar-refractivity contribution >= 4 is 0 Å². The highest BCUT2D eigenvalue weighted by atomic mass is 15.1. The summed E-state index contributed by atoms with van der Waals surface area (Å²) in [5.74, 6) is 0. The van der Waals surface area contributed by atoms with Gasteiger partial charge in [0.1, 0.15) is 0 Å². The van der Waals surface area contributed by atoms with Crippen molar-refractivity contribution in [2.45, 2.75) is 32.9 Å². The van der Waals surface area contributed by atoms with E-state index in [0.29, 0.717) is 0 Å². The van der Waals surface area contributed by atoms with Gasteiger partial charge in [-0.2, -0.15) is 0 Å². The second-order valence-corrected chi connectivity index (χ2v) is 4.59. The molecule has 0 atom stereocenters. The molecule has 0 fully saturated rings. The molecule has 3 heteroatoms. The van der Waals surface area contributed by atoms with Gasteiger partial charge in [0.05, 0.1) is 0 Å². The van der Waals surface area contributed by atoms with Crippen LogP contribution in [0.5, 0.6) is 0 Å². The zero-order valence-corrected chi connectivity index (χ0v) is 10.9. The van der Waals surface area contributed by atoms with Gasteiger partial charge in [-0.15, -0.1) is 0 Å². The van der Waals surface area contributed by atoms with Crippen LogP contribution >= 0.6 is 0 Å². The maximum atomic E-state index is 3.47. The average molecular weight is 223 g/mol. The zero-order chi connectivity index (χ0) is 11.8. The molecule has 0 aromatic carbocycles. The molecule has 16 heavy (non-hydrogen) atoms. The summed E-state index contributed by atoms with van der Waals surface area (Å²) in [6.45, 7) is 6.57. The van der Waals surface area contributed by atoms with Crippen LogP contribution in [0, 0.1) is 0 Å². The van der Waals surface area contributed by atoms with Gasteiger partial charge < -0.3 is 14.8 Å². The molecule has 0 saturated carbocycles. The van der Waals surface area contributed by atoms with Crippen molar-refractivity contribution in [1.82, 2.24) is 14.8 Å². The second kappa shape index (κ2) is 7.47. The first-order chi connectivity index (χ1) is 7.72. The van der Waals surface area contributed by atoms with Gasteiger partial charge >= 0.3 is 0 Å². The lowest BCUT2D eigenvalue weighted by molar-refractivity contribution is 0.394. The van der Waals surface area contributed by atoms with E-state index in [1.807, 2.05) is 0 Å². The summed E-state index contributed by atoms with van der Waals surface area (Å²) in [5, 5.41) is 3.47. The van der Waals surface area contributed by atoms with Crippen LogP contribution in [0.3, 0.4) is 0 Å². The summed E-state index contributed by atoms with van der Waals surface area (Å²) < 4.78 is 2.26. The molecule has 1 N–H and O–H groups in total. The standard InChI is InChI=1S/C13H25N3/c1-4-8-16-10-6-13(12-16)11-14-7-5-9-15(2)3/h6,10,12,14H,4-5,7-9,11H2,1-3H3. The van der Waals surface area contributed by atoms with Crippen LogP contribution in [0.4, 0.5) is 0 Å². The zero-order valence-electron chi connectivity index (χ0n) is 10.9. The first-order valence-corrected chi connectivity index (χ1v) is 6.22. The third-order valence-corrected chi connectivity index (χ3v) is 2.58. The average Bonchev–Trinajstić information content (AvgIpc) is 2.65. The van der Waals surface area contributed by atoms with Crippen molar-refractivity contribution in [2.75, 3.05) is 27.2 Å². The molecule has 0 aliphatic heterocycles. The van der Waals surface area contributed by atoms with E-state index in [4.69, 9.17) is 0 Å². The van der Waals surface area contributed by atoms with Gasteiger partial charge in [0, 0.05) is 25.5 Å². The number of aromatic nitrogens is 1. The molecule has 0 amide bonds. The Labute approximate surface area is 99.4 Å². The topological polar surface area (TPSA) is 20.2 Å². The van der Waals surface area contributed by atoms with Crippen molar-refractivity contribution in [2.24, 2.45) is 0 Å². The van der Waals surface area contributed by atoms with E-state index in [9.17, 15) is 0 Å². The Morgan fingerprint density at radius 3 is 2.88 bits per heavy atom. The Morgan fingerprint density at radius 1 is 1.38 bits per heavy atom. The Bertz CT molecular complexity index is 278. The monoisotopic (exact) mass is 223 g/mol. The largest absolute Gasteiger partial charge is 0.354 e. The second-order valence-electron chi connectivity index (χ2n) is 4.59. The lowest BCUT2D eigenvalue weighted by Crippen LogP contribution is -2.20. The molecule has 1 rings (SSSR count). The van der Waals surface area contributed by atoms with Crippen LogP contribution in [0.25, 0.3) is 0 Å². The first kappa shape index (κ1) is 13.3. The fraction of sp³-hybridized carbons (Fsp3) is 0.692. The highest BCUT2D eigenvalue weighted by Crippen LogP contribution is 2.01. The molecule has 92 valence electrons. The maximum Gasteiger partial charge on any atom is 0.0220 e. The minimum absolute atomic E-state index is 0.990. The van der Waals surface area contributed by atoms with Gasteiger partial charge in [-0.1, -0.05) is 6.92 Å². The molecule has 0 aliphatic rings. The van der Waals surface area contributed by atoms with Crippen LogP contribution in [-0.2, 0) is 13.1 Å². The van der Waals surface area contributed by atoms with Crippen LogP contribution in [0.1, 0.15) is 25.3 Å². The molecule has 0 aliphatic carbocycles. The van der Waals surface area contributed by atoms with Crippen molar-refractivity contribution in [3.63, 3.8) is 0 Å². The molecule has 1 aromatic rings. The van der Waals surface area contributed by atoms with Gasteiger partial charge in [-0.25, -0.2) is 0 Å². The Balaban J connectivity index is 2.12. The maximum absolute atomic E-state index is 3.47. The normalized spacial score (nSPS) is 11.2. The summed E-state index contributed by atoms with van der Waals surface area (Å²) in [6, 6.07) is 2.20. The summed E-state index contributed by atoms with van der Waals surface area (Å²) >= 11 is 0. The smallest absolute Gasteiger partial charge is 0.0220 e. The quantitative estimate of drug-likeness (QED) is 0.680. The van der Waals surface area contributed by atoms with E-state index >= 15 is 0 Å². The van der Waals surface area contributed by atoms with E-state index in [2.05, 4.69) is 54.3 Å². The highest BCUT2D eigenvalue weighted by molar-refractivity contribution is 5.09. The number of hydrogen-bond donors (Lipinski definition) is 1. The summed E-state index contributed by atoms with van der Waals surface area (Å²) in [4.78, 5) is 2.22. The summed E-state index contributed by atoms with van der Waals surface area (Å²) in [5.41, 5.74) is 1.39. The molecular weight excluding hydrogens is 198 g/mol. The van der Waals surface area contributed by atoms with Crippen LogP contribution in [0.15, 0.2) is 18.5 Å². The molecule has 3 nitrogen and oxygen atoms in total. The number of nitrogens with zero attached hydrogens (tertiary/aromatic N) is 2. The molecule has 0 spiro atoms. The highest BCUT2D eigenvalue weighted by Gasteiger charge is 1.96. The Kier molecular flexibility index (Phi) is 6.19. The molecule has 1 heterocycles. The van der Waals surface area contributed by atoms with Gasteiger partial charge in [-0.05, 0) is 51.7 Å². The minimum Gasteiger partial charge on any atom is -0.354 e. The predicted molar refractivity (Wildman–Crippen MR) is 69.6 cm³/mol. The van der Waals surface area contributed by atoms with E-state index in [1.165, 1.54) is 18.4 Å². The fourth-order valence-corrected chi connectivity index (χ4v) is 1.75. The van der Waals surface area contributed by atoms with E-state index in [1.54, 1.807) is 0 Å². The Hall–Kier alpha value is -0.800. The SMILES string of the molecule is CCCn1ccc(CNCCCN(C)C)c1. The summed E-state index contributed by atoms with van der Waals surface area (Å²) in [7, 11) is 4.23. The number of hydrogen-bond acceptors (Lipinski definition) is 2. The lowest BCUT2D eigenvalue weighted by atomic mass is 10.3. The first-order valence-electron chi connectivity index (χ1n) is 6.22. The lowest BCUT2D eigenvalue weighted by Gasteiger charge is -2.09. The molecule has 0 radical (unpaired) electrons. The Morgan fingerprint density at radius 2 is 2.19 bits per heavy atom. The van der Waals surface area contributed by atoms with Gasteiger partial charge in [0.25, 0.3) is 0 Å². The van der Waals surface area contributed by atoms with E-state index in [0.717, 1.165) is 26.2 Å². The van der Waals surface area contributed by atoms with E-state index < -0.39 is 0 Å². The van der Waals surface area contributed by atoms with Gasteiger partial charge in [-0.3, -0.25) is 0 Å². The molecular formula is C13H25N3. The molecule has 1 aromatic heterocycles. The number of rotatable bonds is 8. The fourth-order valence-electron chi connectivity index (χ4n) is 1.75. The molecule has 0 bridgehead atoms. The van der Waals surface area contributed by atoms with Crippen molar-refractivity contribution in [3.8, 4) is 0 Å². The minimum atomic E-state index is 0.990. The van der Waals surface area contributed by atoms with Crippen molar-refractivity contribution < 1.29 is 0 Å². The van der Waals surface area contributed by atoms with Gasteiger partial charge in [0.2, 0.25) is 0 Å². The number of nitrogens with one attached hydrogen (secondary N) is 1. The molecule has 0 unspecified atom stereocenters. The van der Waals surface area contributed by atoms with Crippen LogP contribution < -0.4 is 5.32 Å². The van der Waals surface area contributed by atoms with Crippen LogP contribution in [0.2, 0.25) is 0 Å². The third kappa shape index (κ3) is 5.33. The van der Waals surface area contributed by atoms with Crippen molar-refractivity contribution in [1.29, 1.82) is 0 Å². The van der Waals surface area contributed by atoms with Gasteiger partial charge in [0.15, 0.2) is 0 Å². The third-order valence-electron chi connectivity index (χ3n) is 2.58. The summed E-state index contributed by atoms with van der Waals surface area (Å²) in [6.07, 6.45) is 6.82. The van der Waals surface area contributed by atoms with Crippen LogP contribution in [-0.4, -0.2) is 36.7 Å².